The van der Waals surface area contributed by atoms with Crippen molar-refractivity contribution in [1.82, 2.24) is 0 Å². The molecule has 0 spiro atoms. The number of hydrogen-bond donors (Lipinski definition) is 0. The van der Waals surface area contributed by atoms with E-state index in [0.717, 1.165) is 0 Å². The zero-order chi connectivity index (χ0) is 4.50. The standard InChI is InChI=1S/CH3IS3/c1-5(2,3)4/h1H3. The van der Waals surface area contributed by atoms with Crippen LogP contribution in [0.4, 0.5) is 0 Å². The molecule has 32 valence electrons. The molecule has 0 aliphatic rings. The average Bonchev–Trinajstić information content (AvgIpc) is 0.722. The minimum atomic E-state index is -1.03. The summed E-state index contributed by atoms with van der Waals surface area (Å²) in [5.41, 5.74) is 0. The molecule has 0 aliphatic heterocycles. The normalized spacial score (nSPS) is 11.6. The lowest BCUT2D eigenvalue weighted by molar-refractivity contribution is 2.53. The Balaban J connectivity index is 4.06. The molecule has 0 heterocycles. The second-order valence-corrected chi connectivity index (χ2v) is 15.5. The molecule has 0 aromatic heterocycles. The maximum Gasteiger partial charge on any atom is 0.00433 e. The summed E-state index contributed by atoms with van der Waals surface area (Å²) in [6, 6.07) is 0. The van der Waals surface area contributed by atoms with E-state index in [1.54, 1.807) is 0 Å². The molecule has 0 aliphatic carbocycles. The van der Waals surface area contributed by atoms with E-state index in [0.29, 0.717) is 0 Å². The second-order valence-electron chi connectivity index (χ2n) is 0.682. The van der Waals surface area contributed by atoms with E-state index in [2.05, 4.69) is 21.2 Å². The van der Waals surface area contributed by atoms with Gasteiger partial charge in [0.1, 0.15) is 0 Å². The smallest absolute Gasteiger partial charge is 0.00433 e. The predicted molar refractivity (Wildman–Crippen MR) is 42.0 cm³/mol. The van der Waals surface area contributed by atoms with Gasteiger partial charge in [-0.25, -0.2) is 0 Å². The van der Waals surface area contributed by atoms with Crippen molar-refractivity contribution in [3.63, 3.8) is 0 Å². The molecule has 0 saturated carbocycles. The summed E-state index contributed by atoms with van der Waals surface area (Å²) in [5, 5.41) is 0. The van der Waals surface area contributed by atoms with Gasteiger partial charge in [0.15, 0.2) is 0 Å². The molecule has 0 aromatic rings. The molecule has 0 unspecified atom stereocenters. The van der Waals surface area contributed by atoms with E-state index in [1.165, 1.54) is 0 Å². The Bertz CT molecular complexity index is 90.1. The molecule has 5 heavy (non-hydrogen) atoms. The fourth-order valence-corrected chi connectivity index (χ4v) is 0. The molecule has 0 aromatic carbocycles. The molecule has 0 radical (unpaired) electrons. The van der Waals surface area contributed by atoms with E-state index >= 15 is 0 Å². The monoisotopic (exact) mass is 238 g/mol. The number of hydrogen-bond acceptors (Lipinski definition) is 2. The van der Waals surface area contributed by atoms with Crippen LogP contribution in [0.1, 0.15) is 0 Å². The van der Waals surface area contributed by atoms with Gasteiger partial charge in [0.2, 0.25) is 0 Å². The van der Waals surface area contributed by atoms with Gasteiger partial charge >= 0.3 is 0 Å². The van der Waals surface area contributed by atoms with Gasteiger partial charge in [0.05, 0.1) is 0 Å². The fraction of sp³-hybridized carbons (Fsp3) is 1.00. The van der Waals surface area contributed by atoms with Crippen molar-refractivity contribution in [2.45, 2.75) is 0 Å². The third-order valence-corrected chi connectivity index (χ3v) is 0. The Morgan fingerprint density at radius 2 is 1.60 bits per heavy atom. The minimum absolute atomic E-state index is 1.03. The molecule has 0 rings (SSSR count). The number of rotatable bonds is 0. The van der Waals surface area contributed by atoms with Crippen LogP contribution in [-0.4, -0.2) is 6.26 Å². The van der Waals surface area contributed by atoms with Gasteiger partial charge < -0.3 is 0 Å². The van der Waals surface area contributed by atoms with Gasteiger partial charge in [-0.2, -0.15) is 0 Å². The molecule has 0 nitrogen and oxygen atoms in total. The summed E-state index contributed by atoms with van der Waals surface area (Å²) < 4.78 is -1.03. The van der Waals surface area contributed by atoms with Gasteiger partial charge in [-0.3, -0.25) is 0 Å². The third-order valence-electron chi connectivity index (χ3n) is 0. The summed E-state index contributed by atoms with van der Waals surface area (Å²) in [4.78, 5) is 0. The van der Waals surface area contributed by atoms with Crippen molar-refractivity contribution in [2.75, 3.05) is 6.26 Å². The highest BCUT2D eigenvalue weighted by Gasteiger charge is 1.71. The Morgan fingerprint density at radius 1 is 1.60 bits per heavy atom. The van der Waals surface area contributed by atoms with Crippen LogP contribution < -0.4 is 0 Å². The van der Waals surface area contributed by atoms with Crippen LogP contribution in [0.3, 0.4) is 0 Å². The minimum Gasteiger partial charge on any atom is -0.0372 e. The summed E-state index contributed by atoms with van der Waals surface area (Å²) in [7, 11) is 0. The van der Waals surface area contributed by atoms with Gasteiger partial charge in [0, 0.05) is 21.2 Å². The molecule has 4 heteroatoms. The number of halogens is 1. The van der Waals surface area contributed by atoms with Gasteiger partial charge in [0.25, 0.3) is 0 Å². The topological polar surface area (TPSA) is 0 Å². The van der Waals surface area contributed by atoms with Gasteiger partial charge in [-0.15, -0.1) is 0 Å². The molecule has 0 N–H and O–H groups in total. The SMILES string of the molecule is CS(=S)(=S)I. The Kier molecular flexibility index (Phi) is 2.60. The van der Waals surface area contributed by atoms with Crippen molar-refractivity contribution in [1.29, 1.82) is 0 Å². The average molecular weight is 238 g/mol. The molecular weight excluding hydrogens is 235 g/mol. The van der Waals surface area contributed by atoms with Crippen molar-refractivity contribution in [2.24, 2.45) is 0 Å². The summed E-state index contributed by atoms with van der Waals surface area (Å²) in [6.07, 6.45) is 1.89. The molecule has 0 saturated heterocycles. The summed E-state index contributed by atoms with van der Waals surface area (Å²) >= 11 is 11.5. The predicted octanol–water partition coefficient (Wildman–Crippen LogP) is 1.04. The quantitative estimate of drug-likeness (QED) is 0.457. The Labute approximate surface area is 53.7 Å². The van der Waals surface area contributed by atoms with Crippen molar-refractivity contribution in [3.8, 4) is 0 Å². The van der Waals surface area contributed by atoms with Crippen LogP contribution in [0.15, 0.2) is 0 Å². The second kappa shape index (κ2) is 1.99. The Morgan fingerprint density at radius 3 is 1.60 bits per heavy atom. The Hall–Kier alpha value is 1.52. The molecule has 0 amide bonds. The zero-order valence-corrected chi connectivity index (χ0v) is 7.21. The van der Waals surface area contributed by atoms with Gasteiger partial charge in [-0.1, -0.05) is 0 Å². The highest BCUT2D eigenvalue weighted by Crippen LogP contribution is 1.94. The van der Waals surface area contributed by atoms with E-state index in [1.807, 2.05) is 6.26 Å². The first-order chi connectivity index (χ1) is 2.00. The first kappa shape index (κ1) is 6.52. The van der Waals surface area contributed by atoms with E-state index in [9.17, 15) is 0 Å². The summed E-state index contributed by atoms with van der Waals surface area (Å²) in [6.45, 7) is 0. The highest BCUT2D eigenvalue weighted by molar-refractivity contribution is 14.2. The van der Waals surface area contributed by atoms with Crippen molar-refractivity contribution < 1.29 is 0 Å². The highest BCUT2D eigenvalue weighted by atomic mass is 127. The first-order valence-electron chi connectivity index (χ1n) is 0.896. The lowest BCUT2D eigenvalue weighted by Gasteiger charge is -1.75. The van der Waals surface area contributed by atoms with Crippen LogP contribution in [-0.2, 0) is 26.7 Å². The van der Waals surface area contributed by atoms with Crippen LogP contribution in [0.2, 0.25) is 0 Å². The van der Waals surface area contributed by atoms with Crippen LogP contribution in [0.25, 0.3) is 0 Å². The largest absolute Gasteiger partial charge is 0.0372 e. The first-order valence-corrected chi connectivity index (χ1v) is 7.33. The van der Waals surface area contributed by atoms with Crippen LogP contribution >= 0.6 is 21.2 Å². The van der Waals surface area contributed by atoms with Crippen molar-refractivity contribution in [3.05, 3.63) is 0 Å². The molecule has 0 atom stereocenters. The summed E-state index contributed by atoms with van der Waals surface area (Å²) in [5.74, 6) is 0. The van der Waals surface area contributed by atoms with E-state index in [4.69, 9.17) is 22.4 Å². The lowest BCUT2D eigenvalue weighted by atomic mass is 12.0. The van der Waals surface area contributed by atoms with Crippen molar-refractivity contribution >= 4 is 47.9 Å². The lowest BCUT2D eigenvalue weighted by Crippen LogP contribution is -1.67. The van der Waals surface area contributed by atoms with E-state index < -0.39 is 4.32 Å². The maximum atomic E-state index is 4.71. The molecule has 0 fully saturated rings. The zero-order valence-electron chi connectivity index (χ0n) is 2.60. The van der Waals surface area contributed by atoms with Crippen LogP contribution in [0.5, 0.6) is 0 Å². The van der Waals surface area contributed by atoms with E-state index in [-0.39, 0.29) is 0 Å². The third kappa shape index (κ3) is 29.6. The van der Waals surface area contributed by atoms with Crippen LogP contribution in [0, 0.1) is 0 Å². The van der Waals surface area contributed by atoms with Gasteiger partial charge in [-0.05, 0) is 32.9 Å². The molecule has 0 bridgehead atoms. The fourth-order valence-electron chi connectivity index (χ4n) is 0. The molecular formula is CH3IS3. The maximum absolute atomic E-state index is 4.71.